The van der Waals surface area contributed by atoms with E-state index in [0.29, 0.717) is 0 Å². The van der Waals surface area contributed by atoms with E-state index in [1.165, 1.54) is 6.42 Å². The van der Waals surface area contributed by atoms with Crippen LogP contribution in [0.4, 0.5) is 0 Å². The Hall–Kier alpha value is -0.730. The Kier molecular flexibility index (Phi) is 2.95. The van der Waals surface area contributed by atoms with Gasteiger partial charge in [0.25, 0.3) is 0 Å². The Bertz CT molecular complexity index is 200. The maximum atomic E-state index is 10.0. The molecule has 1 N–H and O–H groups in total. The summed E-state index contributed by atoms with van der Waals surface area (Å²) >= 11 is 0. The highest BCUT2D eigenvalue weighted by Crippen LogP contribution is 2.33. The first kappa shape index (κ1) is 9.36. The number of azide groups is 1. The SMILES string of the molecule is CC1CCCCC1(O)CN=[N+]=[N-]. The van der Waals surface area contributed by atoms with Crippen molar-refractivity contribution >= 4 is 0 Å². The molecule has 0 aliphatic heterocycles. The van der Waals surface area contributed by atoms with Crippen LogP contribution < -0.4 is 0 Å². The molecule has 12 heavy (non-hydrogen) atoms. The summed E-state index contributed by atoms with van der Waals surface area (Å²) in [4.78, 5) is 2.67. The van der Waals surface area contributed by atoms with Crippen LogP contribution in [0.25, 0.3) is 10.4 Å². The third-order valence-corrected chi connectivity index (χ3v) is 2.82. The van der Waals surface area contributed by atoms with Gasteiger partial charge < -0.3 is 5.11 Å². The van der Waals surface area contributed by atoms with Gasteiger partial charge in [0.15, 0.2) is 0 Å². The van der Waals surface area contributed by atoms with Crippen LogP contribution in [-0.4, -0.2) is 17.3 Å². The summed E-state index contributed by atoms with van der Waals surface area (Å²) in [6.07, 6.45) is 4.03. The van der Waals surface area contributed by atoms with Crippen LogP contribution in [0.2, 0.25) is 0 Å². The van der Waals surface area contributed by atoms with Crippen molar-refractivity contribution in [2.75, 3.05) is 6.54 Å². The lowest BCUT2D eigenvalue weighted by atomic mass is 9.76. The number of aliphatic hydroxyl groups is 1. The van der Waals surface area contributed by atoms with Crippen LogP contribution in [0.5, 0.6) is 0 Å². The lowest BCUT2D eigenvalue weighted by Crippen LogP contribution is -2.41. The summed E-state index contributed by atoms with van der Waals surface area (Å²) in [7, 11) is 0. The molecule has 1 saturated carbocycles. The van der Waals surface area contributed by atoms with Crippen molar-refractivity contribution in [3.63, 3.8) is 0 Å². The second-order valence-electron chi connectivity index (χ2n) is 3.64. The minimum Gasteiger partial charge on any atom is -0.389 e. The topological polar surface area (TPSA) is 69.0 Å². The highest BCUT2D eigenvalue weighted by atomic mass is 16.3. The summed E-state index contributed by atoms with van der Waals surface area (Å²) in [5, 5.41) is 13.5. The van der Waals surface area contributed by atoms with E-state index in [-0.39, 0.29) is 12.5 Å². The molecule has 0 saturated heterocycles. The average molecular weight is 169 g/mol. The van der Waals surface area contributed by atoms with Crippen LogP contribution in [0.15, 0.2) is 5.11 Å². The van der Waals surface area contributed by atoms with E-state index in [0.717, 1.165) is 19.3 Å². The fourth-order valence-electron chi connectivity index (χ4n) is 1.79. The van der Waals surface area contributed by atoms with Crippen molar-refractivity contribution in [2.24, 2.45) is 11.0 Å². The highest BCUT2D eigenvalue weighted by molar-refractivity contribution is 4.89. The molecule has 2 atom stereocenters. The molecule has 0 bridgehead atoms. The van der Waals surface area contributed by atoms with E-state index >= 15 is 0 Å². The van der Waals surface area contributed by atoms with E-state index in [1.807, 2.05) is 6.92 Å². The van der Waals surface area contributed by atoms with Gasteiger partial charge in [-0.05, 0) is 24.3 Å². The average Bonchev–Trinajstić information content (AvgIpc) is 2.07. The van der Waals surface area contributed by atoms with Gasteiger partial charge >= 0.3 is 0 Å². The molecule has 0 aromatic carbocycles. The largest absolute Gasteiger partial charge is 0.389 e. The quantitative estimate of drug-likeness (QED) is 0.384. The van der Waals surface area contributed by atoms with Crippen molar-refractivity contribution in [2.45, 2.75) is 38.2 Å². The van der Waals surface area contributed by atoms with Crippen molar-refractivity contribution in [3.05, 3.63) is 10.4 Å². The van der Waals surface area contributed by atoms with Gasteiger partial charge in [-0.25, -0.2) is 0 Å². The third-order valence-electron chi connectivity index (χ3n) is 2.82. The molecule has 0 spiro atoms. The van der Waals surface area contributed by atoms with Gasteiger partial charge in [-0.3, -0.25) is 0 Å². The third kappa shape index (κ3) is 1.90. The van der Waals surface area contributed by atoms with E-state index in [2.05, 4.69) is 10.0 Å². The normalized spacial score (nSPS) is 35.7. The smallest absolute Gasteiger partial charge is 0.0729 e. The Labute approximate surface area is 72.2 Å². The minimum atomic E-state index is -0.732. The Morgan fingerprint density at radius 3 is 3.00 bits per heavy atom. The van der Waals surface area contributed by atoms with Gasteiger partial charge in [0.05, 0.1) is 12.1 Å². The fourth-order valence-corrected chi connectivity index (χ4v) is 1.79. The molecule has 0 radical (unpaired) electrons. The Balaban J connectivity index is 2.58. The first-order valence-electron chi connectivity index (χ1n) is 4.42. The minimum absolute atomic E-state index is 0.227. The molecule has 4 nitrogen and oxygen atoms in total. The first-order chi connectivity index (χ1) is 5.69. The number of nitrogens with zero attached hydrogens (tertiary/aromatic N) is 3. The molecular formula is C8H15N3O. The molecular weight excluding hydrogens is 154 g/mol. The maximum Gasteiger partial charge on any atom is 0.0729 e. The summed E-state index contributed by atoms with van der Waals surface area (Å²) in [5.41, 5.74) is 7.41. The van der Waals surface area contributed by atoms with E-state index in [9.17, 15) is 5.11 Å². The van der Waals surface area contributed by atoms with E-state index < -0.39 is 5.60 Å². The molecule has 2 unspecified atom stereocenters. The Morgan fingerprint density at radius 2 is 2.42 bits per heavy atom. The zero-order valence-corrected chi connectivity index (χ0v) is 7.40. The monoisotopic (exact) mass is 169 g/mol. The fraction of sp³-hybridized carbons (Fsp3) is 1.00. The maximum absolute atomic E-state index is 10.0. The number of rotatable bonds is 2. The molecule has 0 heterocycles. The van der Waals surface area contributed by atoms with Gasteiger partial charge in [-0.1, -0.05) is 24.9 Å². The van der Waals surface area contributed by atoms with Crippen molar-refractivity contribution in [1.82, 2.24) is 0 Å². The molecule has 4 heteroatoms. The van der Waals surface area contributed by atoms with Gasteiger partial charge in [0.2, 0.25) is 0 Å². The lowest BCUT2D eigenvalue weighted by molar-refractivity contribution is -0.0324. The van der Waals surface area contributed by atoms with Crippen LogP contribution in [0.3, 0.4) is 0 Å². The summed E-state index contributed by atoms with van der Waals surface area (Å²) in [5.74, 6) is 0.261. The van der Waals surface area contributed by atoms with Crippen molar-refractivity contribution < 1.29 is 5.11 Å². The summed E-state index contributed by atoms with van der Waals surface area (Å²) in [6, 6.07) is 0. The first-order valence-corrected chi connectivity index (χ1v) is 4.42. The molecule has 1 aliphatic rings. The van der Waals surface area contributed by atoms with Crippen LogP contribution in [0, 0.1) is 5.92 Å². The second kappa shape index (κ2) is 3.78. The zero-order chi connectivity index (χ0) is 9.03. The molecule has 0 aromatic heterocycles. The van der Waals surface area contributed by atoms with Gasteiger partial charge in [-0.2, -0.15) is 0 Å². The molecule has 0 amide bonds. The summed E-state index contributed by atoms with van der Waals surface area (Å²) < 4.78 is 0. The lowest BCUT2D eigenvalue weighted by Gasteiger charge is -2.36. The van der Waals surface area contributed by atoms with Gasteiger partial charge in [0, 0.05) is 4.91 Å². The molecule has 1 rings (SSSR count). The van der Waals surface area contributed by atoms with Gasteiger partial charge in [-0.15, -0.1) is 0 Å². The zero-order valence-electron chi connectivity index (χ0n) is 7.40. The molecule has 0 aromatic rings. The number of hydrogen-bond acceptors (Lipinski definition) is 2. The second-order valence-corrected chi connectivity index (χ2v) is 3.64. The molecule has 1 aliphatic carbocycles. The molecule has 68 valence electrons. The predicted molar refractivity (Wildman–Crippen MR) is 46.6 cm³/mol. The van der Waals surface area contributed by atoms with Crippen LogP contribution in [0.1, 0.15) is 32.6 Å². The van der Waals surface area contributed by atoms with Crippen molar-refractivity contribution in [3.8, 4) is 0 Å². The number of hydrogen-bond donors (Lipinski definition) is 1. The molecule has 1 fully saturated rings. The van der Waals surface area contributed by atoms with Gasteiger partial charge in [0.1, 0.15) is 0 Å². The summed E-state index contributed by atoms with van der Waals surface area (Å²) in [6.45, 7) is 2.25. The standard InChI is InChI=1S/C8H15N3O/c1-7-4-2-3-5-8(7,12)6-10-11-9/h7,12H,2-6H2,1H3. The van der Waals surface area contributed by atoms with Crippen LogP contribution in [-0.2, 0) is 0 Å². The highest BCUT2D eigenvalue weighted by Gasteiger charge is 2.34. The van der Waals surface area contributed by atoms with Crippen LogP contribution >= 0.6 is 0 Å². The van der Waals surface area contributed by atoms with Crippen molar-refractivity contribution in [1.29, 1.82) is 0 Å². The Morgan fingerprint density at radius 1 is 1.67 bits per heavy atom. The predicted octanol–water partition coefficient (Wildman–Crippen LogP) is 2.24. The van der Waals surface area contributed by atoms with E-state index in [1.54, 1.807) is 0 Å². The van der Waals surface area contributed by atoms with E-state index in [4.69, 9.17) is 5.53 Å².